The summed E-state index contributed by atoms with van der Waals surface area (Å²) in [6, 6.07) is 18.8. The summed E-state index contributed by atoms with van der Waals surface area (Å²) in [6.07, 6.45) is 0. The first-order valence-corrected chi connectivity index (χ1v) is 9.25. The van der Waals surface area contributed by atoms with Crippen molar-refractivity contribution in [2.75, 3.05) is 13.2 Å². The number of para-hydroxylation sites is 1. The van der Waals surface area contributed by atoms with Crippen molar-refractivity contribution in [3.63, 3.8) is 0 Å². The first-order valence-electron chi connectivity index (χ1n) is 9.25. The van der Waals surface area contributed by atoms with E-state index in [-0.39, 0.29) is 41.5 Å². The quantitative estimate of drug-likeness (QED) is 0.383. The molecule has 0 amide bonds. The van der Waals surface area contributed by atoms with E-state index in [0.717, 1.165) is 11.3 Å². The zero-order valence-electron chi connectivity index (χ0n) is 15.8. The van der Waals surface area contributed by atoms with Crippen LogP contribution < -0.4 is 4.74 Å². The van der Waals surface area contributed by atoms with E-state index in [1.165, 1.54) is 6.07 Å². The van der Waals surface area contributed by atoms with Crippen LogP contribution in [0.15, 0.2) is 66.7 Å². The molecule has 3 aromatic carbocycles. The van der Waals surface area contributed by atoms with E-state index in [0.29, 0.717) is 11.1 Å². The van der Waals surface area contributed by atoms with Gasteiger partial charge < -0.3 is 9.47 Å². The average Bonchev–Trinajstić information content (AvgIpc) is 2.75. The van der Waals surface area contributed by atoms with Gasteiger partial charge in [-0.05, 0) is 24.6 Å². The molecule has 0 heterocycles. The van der Waals surface area contributed by atoms with Crippen LogP contribution in [0.5, 0.6) is 5.75 Å². The van der Waals surface area contributed by atoms with Gasteiger partial charge in [-0.25, -0.2) is 4.79 Å². The highest BCUT2D eigenvalue weighted by molar-refractivity contribution is 6.30. The van der Waals surface area contributed by atoms with Crippen molar-refractivity contribution < 1.29 is 23.9 Å². The molecule has 0 radical (unpaired) electrons. The van der Waals surface area contributed by atoms with E-state index in [9.17, 15) is 14.4 Å². The predicted octanol–water partition coefficient (Wildman–Crippen LogP) is 4.01. The van der Waals surface area contributed by atoms with Crippen LogP contribution in [0, 0.1) is 6.92 Å². The van der Waals surface area contributed by atoms with Gasteiger partial charge in [0.15, 0.2) is 11.6 Å². The molecule has 3 aromatic rings. The molecule has 0 fully saturated rings. The smallest absolute Gasteiger partial charge is 0.339 e. The number of rotatable bonds is 5. The van der Waals surface area contributed by atoms with Crippen LogP contribution in [-0.4, -0.2) is 30.7 Å². The third kappa shape index (κ3) is 3.43. The summed E-state index contributed by atoms with van der Waals surface area (Å²) in [6.45, 7) is 2.13. The summed E-state index contributed by atoms with van der Waals surface area (Å²) < 4.78 is 10.9. The Morgan fingerprint density at radius 1 is 0.759 bits per heavy atom. The second-order valence-corrected chi connectivity index (χ2v) is 6.68. The van der Waals surface area contributed by atoms with Crippen LogP contribution in [0.3, 0.4) is 0 Å². The Hall–Kier alpha value is -3.73. The topological polar surface area (TPSA) is 69.7 Å². The zero-order chi connectivity index (χ0) is 20.4. The lowest BCUT2D eigenvalue weighted by atomic mass is 9.82. The van der Waals surface area contributed by atoms with Crippen molar-refractivity contribution in [2.24, 2.45) is 0 Å². The minimum Gasteiger partial charge on any atom is -0.490 e. The molecule has 0 bridgehead atoms. The highest BCUT2D eigenvalue weighted by Crippen LogP contribution is 2.29. The predicted molar refractivity (Wildman–Crippen MR) is 107 cm³/mol. The highest BCUT2D eigenvalue weighted by Gasteiger charge is 2.33. The van der Waals surface area contributed by atoms with Crippen LogP contribution in [0.25, 0.3) is 0 Å². The Kier molecular flexibility index (Phi) is 4.96. The Balaban J connectivity index is 1.51. The molecule has 29 heavy (non-hydrogen) atoms. The molecule has 1 aliphatic carbocycles. The molecule has 0 aromatic heterocycles. The molecule has 144 valence electrons. The van der Waals surface area contributed by atoms with E-state index in [4.69, 9.17) is 9.47 Å². The van der Waals surface area contributed by atoms with E-state index in [1.807, 2.05) is 31.2 Å². The number of benzene rings is 3. The van der Waals surface area contributed by atoms with Gasteiger partial charge in [0.1, 0.15) is 19.0 Å². The van der Waals surface area contributed by atoms with E-state index < -0.39 is 5.97 Å². The number of ether oxygens (including phenoxy) is 2. The van der Waals surface area contributed by atoms with Crippen LogP contribution in [0.4, 0.5) is 0 Å². The fraction of sp³-hybridized carbons (Fsp3) is 0.125. The van der Waals surface area contributed by atoms with Crippen molar-refractivity contribution in [1.29, 1.82) is 0 Å². The van der Waals surface area contributed by atoms with Crippen molar-refractivity contribution >= 4 is 17.5 Å². The molecule has 0 saturated carbocycles. The Morgan fingerprint density at radius 2 is 1.41 bits per heavy atom. The fourth-order valence-corrected chi connectivity index (χ4v) is 3.40. The Morgan fingerprint density at radius 3 is 2.17 bits per heavy atom. The van der Waals surface area contributed by atoms with E-state index >= 15 is 0 Å². The van der Waals surface area contributed by atoms with Gasteiger partial charge in [-0.15, -0.1) is 0 Å². The van der Waals surface area contributed by atoms with Gasteiger partial charge >= 0.3 is 5.97 Å². The summed E-state index contributed by atoms with van der Waals surface area (Å²) >= 11 is 0. The second kappa shape index (κ2) is 7.72. The second-order valence-electron chi connectivity index (χ2n) is 6.68. The molecule has 0 aliphatic heterocycles. The number of esters is 1. The molecule has 0 unspecified atom stereocenters. The lowest BCUT2D eigenvalue weighted by Crippen LogP contribution is -2.24. The molecule has 5 nitrogen and oxygen atoms in total. The summed E-state index contributed by atoms with van der Waals surface area (Å²) in [5.74, 6) is -0.555. The summed E-state index contributed by atoms with van der Waals surface area (Å²) in [5, 5.41) is 0. The molecule has 5 heteroatoms. The van der Waals surface area contributed by atoms with Gasteiger partial charge in [-0.1, -0.05) is 54.6 Å². The zero-order valence-corrected chi connectivity index (χ0v) is 15.8. The first kappa shape index (κ1) is 18.6. The lowest BCUT2D eigenvalue weighted by molar-refractivity contribution is 0.0447. The molecule has 0 atom stereocenters. The minimum absolute atomic E-state index is 0.0234. The van der Waals surface area contributed by atoms with E-state index in [1.54, 1.807) is 36.4 Å². The monoisotopic (exact) mass is 386 g/mol. The molecule has 1 aliphatic rings. The van der Waals surface area contributed by atoms with Gasteiger partial charge in [0, 0.05) is 22.3 Å². The number of ketones is 2. The summed E-state index contributed by atoms with van der Waals surface area (Å²) in [7, 11) is 0. The van der Waals surface area contributed by atoms with Gasteiger partial charge in [0.2, 0.25) is 0 Å². The van der Waals surface area contributed by atoms with Gasteiger partial charge in [-0.2, -0.15) is 0 Å². The van der Waals surface area contributed by atoms with Crippen molar-refractivity contribution in [3.05, 3.63) is 100 Å². The van der Waals surface area contributed by atoms with Gasteiger partial charge in [-0.3, -0.25) is 9.59 Å². The molecule has 0 spiro atoms. The summed E-state index contributed by atoms with van der Waals surface area (Å²) in [4.78, 5) is 38.3. The lowest BCUT2D eigenvalue weighted by Gasteiger charge is -2.19. The molecule has 4 rings (SSSR count). The maximum Gasteiger partial charge on any atom is 0.339 e. The number of fused-ring (bicyclic) bond motifs is 2. The molecular weight excluding hydrogens is 368 g/mol. The van der Waals surface area contributed by atoms with Crippen molar-refractivity contribution in [1.82, 2.24) is 0 Å². The normalized spacial score (nSPS) is 12.2. The molecule has 0 N–H and O–H groups in total. The van der Waals surface area contributed by atoms with Crippen LogP contribution in [0.1, 0.15) is 47.8 Å². The standard InChI is InChI=1S/C24H18O5/c1-15-7-2-5-12-20(15)28-13-14-29-24(27)19-11-6-10-18-21(19)23(26)17-9-4-3-8-16(17)22(18)25/h2-12H,13-14H2,1H3. The van der Waals surface area contributed by atoms with Crippen LogP contribution in [0.2, 0.25) is 0 Å². The summed E-state index contributed by atoms with van der Waals surface area (Å²) in [5.41, 5.74) is 2.04. The number of carbonyl (C=O) groups is 3. The van der Waals surface area contributed by atoms with E-state index in [2.05, 4.69) is 0 Å². The number of hydrogen-bond acceptors (Lipinski definition) is 5. The average molecular weight is 386 g/mol. The number of carbonyl (C=O) groups excluding carboxylic acids is 3. The Labute approximate surface area is 167 Å². The molecule has 0 saturated heterocycles. The van der Waals surface area contributed by atoms with Crippen molar-refractivity contribution in [3.8, 4) is 5.75 Å². The third-order valence-corrected chi connectivity index (χ3v) is 4.84. The van der Waals surface area contributed by atoms with Crippen LogP contribution in [-0.2, 0) is 4.74 Å². The van der Waals surface area contributed by atoms with Crippen LogP contribution >= 0.6 is 0 Å². The number of aryl methyl sites for hydroxylation is 1. The maximum absolute atomic E-state index is 12.9. The largest absolute Gasteiger partial charge is 0.490 e. The Bertz CT molecular complexity index is 1130. The van der Waals surface area contributed by atoms with Gasteiger partial charge in [0.05, 0.1) is 5.56 Å². The highest BCUT2D eigenvalue weighted by atomic mass is 16.6. The minimum atomic E-state index is -0.657. The number of hydrogen-bond donors (Lipinski definition) is 0. The SMILES string of the molecule is Cc1ccccc1OCCOC(=O)c1cccc2c1C(=O)c1ccccc1C2=O. The maximum atomic E-state index is 12.9. The van der Waals surface area contributed by atoms with Crippen molar-refractivity contribution in [2.45, 2.75) is 6.92 Å². The fourth-order valence-electron chi connectivity index (χ4n) is 3.40. The van der Waals surface area contributed by atoms with Gasteiger partial charge in [0.25, 0.3) is 0 Å². The third-order valence-electron chi connectivity index (χ3n) is 4.84. The molecular formula is C24H18O5. The first-order chi connectivity index (χ1) is 14.1.